The Morgan fingerprint density at radius 3 is 2.44 bits per heavy atom. The zero-order valence-electron chi connectivity index (χ0n) is 16.0. The standard InChI is InChI=1S/C12H20FN2O13P3S/c1-7-14-8(16)3-4-15(7)10-11(2,18)9(17)12(5-13,26-10)6-25-31(24,32)28-30(22,23)27-29(19,20)21/h3-4,9-10,17-18H,1,5-6H2,2H3,(H,14,16)(H,22,23)(H,24,32)(H2,19,20,21)/t9-,10+,11+,12+,31?/m0/s1. The Balaban J connectivity index is 2.22. The first-order chi connectivity index (χ1) is 14.3. The summed E-state index contributed by atoms with van der Waals surface area (Å²) >= 11 is 4.45. The highest BCUT2D eigenvalue weighted by molar-refractivity contribution is 8.08. The predicted molar refractivity (Wildman–Crippen MR) is 105 cm³/mol. The van der Waals surface area contributed by atoms with E-state index in [0.717, 1.165) is 24.1 Å². The number of ether oxygens (including phenoxy) is 1. The van der Waals surface area contributed by atoms with Gasteiger partial charge in [0.25, 0.3) is 5.91 Å². The van der Waals surface area contributed by atoms with Crippen LogP contribution < -0.4 is 5.32 Å². The highest BCUT2D eigenvalue weighted by Gasteiger charge is 2.63. The summed E-state index contributed by atoms with van der Waals surface area (Å²) in [7, 11) is -11.2. The molecule has 15 nitrogen and oxygen atoms in total. The van der Waals surface area contributed by atoms with E-state index in [0.29, 0.717) is 0 Å². The number of alkyl halides is 1. The van der Waals surface area contributed by atoms with Crippen LogP contribution in [0.3, 0.4) is 0 Å². The van der Waals surface area contributed by atoms with Crippen LogP contribution in [0, 0.1) is 0 Å². The number of amides is 1. The van der Waals surface area contributed by atoms with E-state index in [9.17, 15) is 38.3 Å². The van der Waals surface area contributed by atoms with Gasteiger partial charge in [-0.2, -0.15) is 4.31 Å². The van der Waals surface area contributed by atoms with Crippen molar-refractivity contribution in [1.82, 2.24) is 10.2 Å². The fraction of sp³-hybridized carbons (Fsp3) is 0.583. The highest BCUT2D eigenvalue weighted by atomic mass is 32.5. The number of carbonyl (C=O) groups is 1. The molecule has 6 atom stereocenters. The third-order valence-electron chi connectivity index (χ3n) is 4.23. The van der Waals surface area contributed by atoms with Crippen LogP contribution in [0.5, 0.6) is 0 Å². The number of hydrogen-bond acceptors (Lipinski definition) is 11. The van der Waals surface area contributed by atoms with E-state index in [4.69, 9.17) is 19.0 Å². The lowest BCUT2D eigenvalue weighted by molar-refractivity contribution is -0.146. The maximum atomic E-state index is 14.0. The molecule has 1 saturated heterocycles. The zero-order valence-corrected chi connectivity index (χ0v) is 19.5. The number of rotatable bonds is 9. The Kier molecular flexibility index (Phi) is 7.95. The van der Waals surface area contributed by atoms with Crippen LogP contribution in [-0.2, 0) is 43.6 Å². The quantitative estimate of drug-likeness (QED) is 0.174. The minimum atomic E-state index is -5.62. The van der Waals surface area contributed by atoms with Gasteiger partial charge in [-0.15, -0.1) is 0 Å². The van der Waals surface area contributed by atoms with Crippen LogP contribution in [0.15, 0.2) is 24.7 Å². The zero-order chi connectivity index (χ0) is 24.8. The molecule has 1 fully saturated rings. The van der Waals surface area contributed by atoms with E-state index < -0.39 is 65.1 Å². The van der Waals surface area contributed by atoms with E-state index in [1.54, 1.807) is 0 Å². The Bertz CT molecular complexity index is 956. The SMILES string of the molecule is C=C1NC(=O)C=CN1[C@@H]1O[C@](CF)(COP(O)(=S)OP(=O)(O)OP(=O)(O)O)[C@@H](O)[C@@]1(C)O. The number of aliphatic hydroxyl groups is 2. The maximum Gasteiger partial charge on any atom is 0.488 e. The summed E-state index contributed by atoms with van der Waals surface area (Å²) < 4.78 is 54.0. The molecular weight excluding hydrogens is 524 g/mol. The summed E-state index contributed by atoms with van der Waals surface area (Å²) in [5, 5.41) is 23.6. The molecule has 0 aliphatic carbocycles. The first-order valence-corrected chi connectivity index (χ1v) is 13.8. The number of aliphatic hydroxyl groups excluding tert-OH is 1. The summed E-state index contributed by atoms with van der Waals surface area (Å²) in [6, 6.07) is 0. The number of carbonyl (C=O) groups excluding carboxylic acids is 1. The molecular formula is C12H20FN2O13P3S. The molecule has 2 aliphatic heterocycles. The van der Waals surface area contributed by atoms with Crippen molar-refractivity contribution < 1.29 is 66.0 Å². The molecule has 2 rings (SSSR count). The maximum absolute atomic E-state index is 14.0. The molecule has 2 aliphatic rings. The second-order valence-corrected chi connectivity index (χ2v) is 12.6. The van der Waals surface area contributed by atoms with Gasteiger partial charge >= 0.3 is 22.4 Å². The molecule has 0 bridgehead atoms. The lowest BCUT2D eigenvalue weighted by Gasteiger charge is -2.37. The molecule has 0 aromatic heterocycles. The van der Waals surface area contributed by atoms with E-state index >= 15 is 0 Å². The molecule has 0 aromatic rings. The van der Waals surface area contributed by atoms with Crippen LogP contribution in [0.4, 0.5) is 4.39 Å². The molecule has 0 aromatic carbocycles. The van der Waals surface area contributed by atoms with Crippen molar-refractivity contribution in [3.8, 4) is 0 Å². The van der Waals surface area contributed by atoms with Gasteiger partial charge in [-0.1, -0.05) is 6.58 Å². The second kappa shape index (κ2) is 9.21. The van der Waals surface area contributed by atoms with Crippen LogP contribution >= 0.6 is 22.4 Å². The van der Waals surface area contributed by atoms with Crippen molar-refractivity contribution in [1.29, 1.82) is 0 Å². The molecule has 0 radical (unpaired) electrons. The topological polar surface area (TPSA) is 225 Å². The van der Waals surface area contributed by atoms with Gasteiger partial charge in [-0.05, 0) is 18.7 Å². The fourth-order valence-corrected chi connectivity index (χ4v) is 6.86. The van der Waals surface area contributed by atoms with Crippen molar-refractivity contribution in [2.75, 3.05) is 13.3 Å². The summed E-state index contributed by atoms with van der Waals surface area (Å²) in [6.45, 7) is -2.92. The normalized spacial score (nSPS) is 34.8. The molecule has 184 valence electrons. The molecule has 20 heteroatoms. The fourth-order valence-electron chi connectivity index (χ4n) is 2.87. The van der Waals surface area contributed by atoms with Crippen molar-refractivity contribution in [3.63, 3.8) is 0 Å². The van der Waals surface area contributed by atoms with Gasteiger partial charge in [0.15, 0.2) is 11.8 Å². The second-order valence-electron chi connectivity index (χ2n) is 6.82. The highest BCUT2D eigenvalue weighted by Crippen LogP contribution is 2.66. The van der Waals surface area contributed by atoms with Gasteiger partial charge < -0.3 is 49.3 Å². The van der Waals surface area contributed by atoms with E-state index in [-0.39, 0.29) is 5.82 Å². The predicted octanol–water partition coefficient (Wildman–Crippen LogP) is -0.961. The molecule has 0 saturated carbocycles. The number of nitrogens with one attached hydrogen (secondary N) is 1. The van der Waals surface area contributed by atoms with Gasteiger partial charge in [0.05, 0.1) is 6.61 Å². The van der Waals surface area contributed by atoms with E-state index in [1.165, 1.54) is 0 Å². The first kappa shape index (κ1) is 27.6. The number of hydrogen-bond donors (Lipinski definition) is 7. The van der Waals surface area contributed by atoms with Crippen molar-refractivity contribution in [3.05, 3.63) is 24.7 Å². The Morgan fingerprint density at radius 2 is 1.94 bits per heavy atom. The average molecular weight is 544 g/mol. The summed E-state index contributed by atoms with van der Waals surface area (Å²) in [5.74, 6) is -0.634. The van der Waals surface area contributed by atoms with Gasteiger partial charge in [0.1, 0.15) is 24.2 Å². The smallest absolute Gasteiger partial charge is 0.387 e. The summed E-state index contributed by atoms with van der Waals surface area (Å²) in [5.41, 5.74) is -4.64. The Labute approximate surface area is 185 Å². The van der Waals surface area contributed by atoms with Crippen molar-refractivity contribution in [2.45, 2.75) is 30.5 Å². The minimum absolute atomic E-state index is 0.0861. The third-order valence-corrected chi connectivity index (χ3v) is 8.93. The summed E-state index contributed by atoms with van der Waals surface area (Å²) in [4.78, 5) is 48.8. The lowest BCUT2D eigenvalue weighted by Crippen LogP contribution is -2.55. The lowest BCUT2D eigenvalue weighted by atomic mass is 9.88. The molecule has 32 heavy (non-hydrogen) atoms. The average Bonchev–Trinajstić information content (AvgIpc) is 2.78. The van der Waals surface area contributed by atoms with Crippen LogP contribution in [0.25, 0.3) is 0 Å². The van der Waals surface area contributed by atoms with Gasteiger partial charge in [-0.25, -0.2) is 17.8 Å². The van der Waals surface area contributed by atoms with Gasteiger partial charge in [-0.3, -0.25) is 4.79 Å². The van der Waals surface area contributed by atoms with Crippen LogP contribution in [0.2, 0.25) is 0 Å². The van der Waals surface area contributed by atoms with Crippen molar-refractivity contribution in [2.24, 2.45) is 0 Å². The van der Waals surface area contributed by atoms with Crippen molar-refractivity contribution >= 4 is 40.1 Å². The molecule has 0 spiro atoms. The van der Waals surface area contributed by atoms with Gasteiger partial charge in [0, 0.05) is 12.3 Å². The van der Waals surface area contributed by atoms with Crippen LogP contribution in [-0.4, -0.2) is 77.4 Å². The van der Waals surface area contributed by atoms with E-state index in [1.807, 2.05) is 0 Å². The number of phosphoric acid groups is 2. The molecule has 2 unspecified atom stereocenters. The molecule has 7 N–H and O–H groups in total. The largest absolute Gasteiger partial charge is 0.488 e. The number of nitrogens with zero attached hydrogens (tertiary/aromatic N) is 1. The first-order valence-electron chi connectivity index (χ1n) is 8.23. The molecule has 1 amide bonds. The van der Waals surface area contributed by atoms with E-state index in [2.05, 4.69) is 32.3 Å². The Morgan fingerprint density at radius 1 is 1.34 bits per heavy atom. The monoisotopic (exact) mass is 544 g/mol. The molecule has 2 heterocycles. The third kappa shape index (κ3) is 6.29. The van der Waals surface area contributed by atoms with Gasteiger partial charge in [0.2, 0.25) is 0 Å². The minimum Gasteiger partial charge on any atom is -0.387 e. The van der Waals surface area contributed by atoms with Crippen LogP contribution in [0.1, 0.15) is 6.92 Å². The summed E-state index contributed by atoms with van der Waals surface area (Å²) in [6.07, 6.45) is -1.41. The Hall–Kier alpha value is -0.610. The number of halogens is 1.